The van der Waals surface area contributed by atoms with Gasteiger partial charge in [-0.1, -0.05) is 34.1 Å². The number of hydrogen-bond acceptors (Lipinski definition) is 3. The molecule has 3 rings (SSSR count). The summed E-state index contributed by atoms with van der Waals surface area (Å²) < 4.78 is 20.1. The second kappa shape index (κ2) is 6.84. The van der Waals surface area contributed by atoms with E-state index in [4.69, 9.17) is 4.74 Å². The van der Waals surface area contributed by atoms with Crippen LogP contribution in [0.4, 0.5) is 9.18 Å². The van der Waals surface area contributed by atoms with Crippen molar-refractivity contribution in [2.75, 3.05) is 0 Å². The lowest BCUT2D eigenvalue weighted by Gasteiger charge is -2.11. The first-order chi connectivity index (χ1) is 11.5. The molecule has 0 bridgehead atoms. The molecular formula is C17H12BrFN2O3. The van der Waals surface area contributed by atoms with Crippen molar-refractivity contribution in [2.24, 2.45) is 0 Å². The summed E-state index contributed by atoms with van der Waals surface area (Å²) in [7, 11) is 0. The highest BCUT2D eigenvalue weighted by Gasteiger charge is 2.23. The smallest absolute Gasteiger partial charge is 0.326 e. The minimum absolute atomic E-state index is 0.0447. The van der Waals surface area contributed by atoms with Gasteiger partial charge in [-0.3, -0.25) is 10.1 Å². The van der Waals surface area contributed by atoms with Gasteiger partial charge in [0.15, 0.2) is 0 Å². The monoisotopic (exact) mass is 390 g/mol. The summed E-state index contributed by atoms with van der Waals surface area (Å²) in [6.45, 7) is 0.0447. The average Bonchev–Trinajstić information content (AvgIpc) is 2.85. The highest BCUT2D eigenvalue weighted by Crippen LogP contribution is 2.26. The lowest BCUT2D eigenvalue weighted by molar-refractivity contribution is -0.115. The van der Waals surface area contributed by atoms with Gasteiger partial charge in [0, 0.05) is 15.6 Å². The Labute approximate surface area is 145 Å². The van der Waals surface area contributed by atoms with Gasteiger partial charge in [0.25, 0.3) is 5.91 Å². The van der Waals surface area contributed by atoms with Crippen LogP contribution < -0.4 is 15.4 Å². The molecule has 2 aromatic rings. The Hall–Kier alpha value is -2.67. The maximum atomic E-state index is 13.7. The van der Waals surface area contributed by atoms with Crippen molar-refractivity contribution in [1.82, 2.24) is 10.6 Å². The number of imide groups is 1. The molecule has 0 unspecified atom stereocenters. The largest absolute Gasteiger partial charge is 0.488 e. The van der Waals surface area contributed by atoms with Crippen LogP contribution >= 0.6 is 15.9 Å². The lowest BCUT2D eigenvalue weighted by atomic mass is 10.1. The molecule has 1 saturated heterocycles. The molecular weight excluding hydrogens is 379 g/mol. The van der Waals surface area contributed by atoms with E-state index in [1.165, 1.54) is 12.1 Å². The third-order valence-corrected chi connectivity index (χ3v) is 3.83. The van der Waals surface area contributed by atoms with Gasteiger partial charge in [0.1, 0.15) is 23.9 Å². The molecule has 7 heteroatoms. The minimum Gasteiger partial charge on any atom is -0.488 e. The number of urea groups is 1. The minimum atomic E-state index is -0.574. The SMILES string of the molecule is O=C1NC(=O)C(=Cc2cc(Br)ccc2OCc2ccccc2F)N1. The Morgan fingerprint density at radius 3 is 2.62 bits per heavy atom. The Morgan fingerprint density at radius 1 is 1.12 bits per heavy atom. The third-order valence-electron chi connectivity index (χ3n) is 3.33. The molecule has 0 atom stereocenters. The zero-order valence-electron chi connectivity index (χ0n) is 12.3. The Morgan fingerprint density at radius 2 is 1.92 bits per heavy atom. The van der Waals surface area contributed by atoms with Crippen molar-refractivity contribution in [1.29, 1.82) is 0 Å². The summed E-state index contributed by atoms with van der Waals surface area (Å²) in [5.74, 6) is -0.403. The molecule has 0 aromatic heterocycles. The molecule has 5 nitrogen and oxygen atoms in total. The number of hydrogen-bond donors (Lipinski definition) is 2. The maximum absolute atomic E-state index is 13.7. The van der Waals surface area contributed by atoms with E-state index in [1.807, 2.05) is 0 Å². The van der Waals surface area contributed by atoms with Gasteiger partial charge in [0.05, 0.1) is 0 Å². The normalized spacial score (nSPS) is 15.3. The van der Waals surface area contributed by atoms with E-state index in [0.717, 1.165) is 4.47 Å². The first-order valence-corrected chi connectivity index (χ1v) is 7.82. The van der Waals surface area contributed by atoms with Crippen LogP contribution in [-0.4, -0.2) is 11.9 Å². The van der Waals surface area contributed by atoms with E-state index < -0.39 is 11.9 Å². The number of nitrogens with one attached hydrogen (secondary N) is 2. The van der Waals surface area contributed by atoms with Crippen LogP contribution in [0, 0.1) is 5.82 Å². The van der Waals surface area contributed by atoms with Gasteiger partial charge in [-0.2, -0.15) is 0 Å². The zero-order valence-corrected chi connectivity index (χ0v) is 13.9. The Kier molecular flexibility index (Phi) is 4.61. The van der Waals surface area contributed by atoms with Crippen molar-refractivity contribution < 1.29 is 18.7 Å². The number of amides is 3. The Bertz CT molecular complexity index is 851. The number of halogens is 2. The van der Waals surface area contributed by atoms with Crippen LogP contribution in [0.25, 0.3) is 6.08 Å². The number of rotatable bonds is 4. The number of benzene rings is 2. The molecule has 2 N–H and O–H groups in total. The highest BCUT2D eigenvalue weighted by molar-refractivity contribution is 9.10. The molecule has 0 saturated carbocycles. The van der Waals surface area contributed by atoms with Gasteiger partial charge in [0.2, 0.25) is 0 Å². The van der Waals surface area contributed by atoms with Crippen molar-refractivity contribution in [2.45, 2.75) is 6.61 Å². The quantitative estimate of drug-likeness (QED) is 0.621. The van der Waals surface area contributed by atoms with Crippen LogP contribution in [0.3, 0.4) is 0 Å². The van der Waals surface area contributed by atoms with E-state index in [9.17, 15) is 14.0 Å². The predicted octanol–water partition coefficient (Wildman–Crippen LogP) is 3.35. The molecule has 0 radical (unpaired) electrons. The van der Waals surface area contributed by atoms with Crippen LogP contribution in [0.15, 0.2) is 52.6 Å². The molecule has 0 spiro atoms. The summed E-state index contributed by atoms with van der Waals surface area (Å²) in [5.41, 5.74) is 1.12. The molecule has 3 amide bonds. The molecule has 24 heavy (non-hydrogen) atoms. The third kappa shape index (κ3) is 3.62. The molecule has 122 valence electrons. The van der Waals surface area contributed by atoms with Crippen molar-refractivity contribution in [3.63, 3.8) is 0 Å². The number of carbonyl (C=O) groups is 2. The number of ether oxygens (including phenoxy) is 1. The summed E-state index contributed by atoms with van der Waals surface area (Å²) in [6, 6.07) is 11.0. The van der Waals surface area contributed by atoms with Gasteiger partial charge in [-0.25, -0.2) is 9.18 Å². The zero-order chi connectivity index (χ0) is 17.1. The first-order valence-electron chi connectivity index (χ1n) is 7.03. The highest BCUT2D eigenvalue weighted by atomic mass is 79.9. The van der Waals surface area contributed by atoms with Crippen LogP contribution in [0.1, 0.15) is 11.1 Å². The van der Waals surface area contributed by atoms with Gasteiger partial charge < -0.3 is 10.1 Å². The van der Waals surface area contributed by atoms with E-state index in [1.54, 1.807) is 36.4 Å². The van der Waals surface area contributed by atoms with E-state index >= 15 is 0 Å². The second-order valence-corrected chi connectivity index (χ2v) is 5.94. The molecule has 1 aliphatic rings. The summed E-state index contributed by atoms with van der Waals surface area (Å²) >= 11 is 3.35. The van der Waals surface area contributed by atoms with Crippen LogP contribution in [0.2, 0.25) is 0 Å². The molecule has 1 aliphatic heterocycles. The molecule has 0 aliphatic carbocycles. The van der Waals surface area contributed by atoms with E-state index in [2.05, 4.69) is 26.6 Å². The molecule has 1 fully saturated rings. The standard InChI is InChI=1S/C17H12BrFN2O3/c18-12-5-6-15(24-9-10-3-1-2-4-13(10)19)11(7-12)8-14-16(22)21-17(23)20-14/h1-8H,9H2,(H2,20,21,22,23). The summed E-state index contributed by atoms with van der Waals surface area (Å²) in [6.07, 6.45) is 1.50. The summed E-state index contributed by atoms with van der Waals surface area (Å²) in [5, 5.41) is 4.54. The fourth-order valence-electron chi connectivity index (χ4n) is 2.17. The predicted molar refractivity (Wildman–Crippen MR) is 89.5 cm³/mol. The van der Waals surface area contributed by atoms with Crippen LogP contribution in [-0.2, 0) is 11.4 Å². The number of carbonyl (C=O) groups excluding carboxylic acids is 2. The van der Waals surface area contributed by atoms with E-state index in [-0.39, 0.29) is 18.1 Å². The fraction of sp³-hybridized carbons (Fsp3) is 0.0588. The maximum Gasteiger partial charge on any atom is 0.326 e. The van der Waals surface area contributed by atoms with Crippen molar-refractivity contribution >= 4 is 33.9 Å². The van der Waals surface area contributed by atoms with E-state index in [0.29, 0.717) is 16.9 Å². The Balaban J connectivity index is 1.86. The first kappa shape index (κ1) is 16.2. The average molecular weight is 391 g/mol. The lowest BCUT2D eigenvalue weighted by Crippen LogP contribution is -2.22. The van der Waals surface area contributed by atoms with Crippen LogP contribution in [0.5, 0.6) is 5.75 Å². The van der Waals surface area contributed by atoms with Gasteiger partial charge in [-0.05, 0) is 30.3 Å². The van der Waals surface area contributed by atoms with Crippen molar-refractivity contribution in [3.05, 3.63) is 69.6 Å². The topological polar surface area (TPSA) is 67.4 Å². The van der Waals surface area contributed by atoms with Crippen molar-refractivity contribution in [3.8, 4) is 5.75 Å². The van der Waals surface area contributed by atoms with Gasteiger partial charge >= 0.3 is 6.03 Å². The molecule has 1 heterocycles. The summed E-state index contributed by atoms with van der Waals surface area (Å²) in [4.78, 5) is 22.8. The second-order valence-electron chi connectivity index (χ2n) is 5.03. The molecule has 2 aromatic carbocycles. The van der Waals surface area contributed by atoms with Gasteiger partial charge in [-0.15, -0.1) is 0 Å². The fourth-order valence-corrected chi connectivity index (χ4v) is 2.55.